The molecule has 2 aliphatic rings. The molecule has 5 heterocycles. The lowest BCUT2D eigenvalue weighted by molar-refractivity contribution is -0.765. The van der Waals surface area contributed by atoms with Crippen LogP contribution in [0, 0.1) is 0 Å². The summed E-state index contributed by atoms with van der Waals surface area (Å²) in [4.78, 5) is 61.9. The van der Waals surface area contributed by atoms with E-state index >= 15 is 0 Å². The molecule has 0 radical (unpaired) electrons. The van der Waals surface area contributed by atoms with Crippen LogP contribution in [0.5, 0.6) is 0 Å². The SMILES string of the molecule is Nc1cc(C(=O)[O-])c[n+]([C@H]2O[C@@H](COP(=O)(O)OP(=O)(O)OC[C@H]3O[C@@H](n4cnc5c(N)ncnc54)[C@H](OP(=O)(O)O)[C@@H]3O)[C@H](O)[C@@H]2O)c1. The molecule has 3 aromatic heterocycles. The number of hydrogen-bond acceptors (Lipinski definition) is 19. The van der Waals surface area contributed by atoms with Crippen molar-refractivity contribution in [1.29, 1.82) is 0 Å². The van der Waals surface area contributed by atoms with Gasteiger partial charge in [0.15, 0.2) is 36.2 Å². The van der Waals surface area contributed by atoms with Crippen LogP contribution in [0.4, 0.5) is 11.5 Å². The minimum atomic E-state index is -5.56. The summed E-state index contributed by atoms with van der Waals surface area (Å²) < 4.78 is 68.0. The van der Waals surface area contributed by atoms with Crippen LogP contribution in [-0.4, -0.2) is 110 Å². The Kier molecular flexibility index (Phi) is 10.6. The second-order valence-electron chi connectivity index (χ2n) is 10.4. The van der Waals surface area contributed by atoms with Crippen molar-refractivity contribution in [3.63, 3.8) is 0 Å². The van der Waals surface area contributed by atoms with Gasteiger partial charge in [0.05, 0.1) is 36.8 Å². The Balaban J connectivity index is 1.21. The van der Waals surface area contributed by atoms with Crippen molar-refractivity contribution >= 4 is 52.1 Å². The van der Waals surface area contributed by atoms with Gasteiger partial charge in [0.25, 0.3) is 6.23 Å². The largest absolute Gasteiger partial charge is 0.545 e. The summed E-state index contributed by atoms with van der Waals surface area (Å²) in [5, 5.41) is 42.8. The number of aromatic nitrogens is 5. The summed E-state index contributed by atoms with van der Waals surface area (Å²) in [7, 11) is -16.4. The summed E-state index contributed by atoms with van der Waals surface area (Å²) in [6.45, 7) is -2.13. The van der Waals surface area contributed by atoms with E-state index in [0.717, 1.165) is 40.2 Å². The Morgan fingerprint density at radius 2 is 1.57 bits per heavy atom. The zero-order chi connectivity index (χ0) is 36.1. The molecule has 3 aromatic rings. The highest BCUT2D eigenvalue weighted by molar-refractivity contribution is 7.61. The first kappa shape index (κ1) is 37.2. The molecule has 0 aliphatic carbocycles. The predicted molar refractivity (Wildman–Crippen MR) is 151 cm³/mol. The van der Waals surface area contributed by atoms with Crippen LogP contribution in [0.2, 0.25) is 0 Å². The molecule has 28 heteroatoms. The van der Waals surface area contributed by atoms with Crippen LogP contribution in [0.15, 0.2) is 31.1 Å². The standard InChI is InChI=1S/C21H28N7O18P3/c22-9-1-8(21(32)33)2-27(3-9)19-15(31)13(29)10(43-19)4-41-48(37,38)46-49(39,40)42-5-11-14(30)16(45-47(34,35)36)20(44-11)28-7-26-12-17(23)24-6-25-18(12)28/h1-3,6-7,10-11,13-16,19-20,29-31H,4-5,22H2,(H6-,23,24,25,32,33,34,35,36,37,38,39,40)/t10-,11+,13-,14+,15-,16+,19-,20+/m0/s1. The number of ether oxygens (including phenoxy) is 2. The number of imidazole rings is 1. The zero-order valence-electron chi connectivity index (χ0n) is 24.3. The van der Waals surface area contributed by atoms with Crippen LogP contribution in [0.3, 0.4) is 0 Å². The van der Waals surface area contributed by atoms with Gasteiger partial charge >= 0.3 is 23.5 Å². The van der Waals surface area contributed by atoms with Gasteiger partial charge in [0.2, 0.25) is 0 Å². The number of carboxylic acids is 1. The van der Waals surface area contributed by atoms with E-state index in [-0.39, 0.29) is 22.7 Å². The van der Waals surface area contributed by atoms with Crippen LogP contribution in [0.1, 0.15) is 22.8 Å². The molecule has 11 N–H and O–H groups in total. The van der Waals surface area contributed by atoms with Crippen molar-refractivity contribution < 1.29 is 90.4 Å². The van der Waals surface area contributed by atoms with Gasteiger partial charge in [-0.2, -0.15) is 8.88 Å². The van der Waals surface area contributed by atoms with Gasteiger partial charge in [-0.1, -0.05) is 0 Å². The number of aromatic carboxylic acids is 1. The van der Waals surface area contributed by atoms with Crippen molar-refractivity contribution in [3.05, 3.63) is 36.7 Å². The number of phosphoric acid groups is 3. The van der Waals surface area contributed by atoms with E-state index in [2.05, 4.69) is 32.8 Å². The first-order valence-electron chi connectivity index (χ1n) is 13.5. The molecule has 2 unspecified atom stereocenters. The van der Waals surface area contributed by atoms with E-state index in [4.69, 9.17) is 20.9 Å². The fraction of sp³-hybridized carbons (Fsp3) is 0.476. The fourth-order valence-electron chi connectivity index (χ4n) is 4.92. The van der Waals surface area contributed by atoms with E-state index in [1.807, 2.05) is 0 Å². The molecule has 2 fully saturated rings. The van der Waals surface area contributed by atoms with E-state index in [9.17, 15) is 58.5 Å². The Labute approximate surface area is 272 Å². The maximum atomic E-state index is 12.6. The highest BCUT2D eigenvalue weighted by Crippen LogP contribution is 2.61. The highest BCUT2D eigenvalue weighted by Gasteiger charge is 2.51. The van der Waals surface area contributed by atoms with Gasteiger partial charge in [0.1, 0.15) is 42.4 Å². The number of nitrogen functional groups attached to an aromatic ring is 2. The average molecular weight is 759 g/mol. The molecule has 25 nitrogen and oxygen atoms in total. The second-order valence-corrected chi connectivity index (χ2v) is 14.7. The zero-order valence-corrected chi connectivity index (χ0v) is 27.0. The summed E-state index contributed by atoms with van der Waals surface area (Å²) >= 11 is 0. The molecule has 10 atom stereocenters. The molecule has 0 spiro atoms. The fourth-order valence-corrected chi connectivity index (χ4v) is 7.55. The Hall–Kier alpha value is -3.06. The van der Waals surface area contributed by atoms with Gasteiger partial charge in [-0.3, -0.25) is 18.1 Å². The molecule has 5 rings (SSSR count). The number of aliphatic hydroxyl groups excluding tert-OH is 3. The number of phosphoric ester groups is 3. The molecule has 0 amide bonds. The summed E-state index contributed by atoms with van der Waals surface area (Å²) in [6, 6.07) is 1.05. The monoisotopic (exact) mass is 759 g/mol. The molecule has 49 heavy (non-hydrogen) atoms. The normalized spacial score (nSPS) is 29.9. The molecular formula is C21H28N7O18P3. The number of hydrogen-bond donors (Lipinski definition) is 9. The van der Waals surface area contributed by atoms with Crippen LogP contribution >= 0.6 is 23.5 Å². The highest BCUT2D eigenvalue weighted by atomic mass is 31.3. The quantitative estimate of drug-likeness (QED) is 0.0591. The molecule has 2 aliphatic heterocycles. The molecule has 0 saturated carbocycles. The van der Waals surface area contributed by atoms with Gasteiger partial charge in [-0.05, 0) is 6.07 Å². The maximum absolute atomic E-state index is 12.6. The van der Waals surface area contributed by atoms with Gasteiger partial charge in [0, 0.05) is 0 Å². The van der Waals surface area contributed by atoms with Gasteiger partial charge in [-0.25, -0.2) is 28.6 Å². The molecule has 2 saturated heterocycles. The average Bonchev–Trinajstić information content (AvgIpc) is 3.64. The number of rotatable bonds is 13. The van der Waals surface area contributed by atoms with E-state index in [1.54, 1.807) is 0 Å². The molecular weight excluding hydrogens is 731 g/mol. The number of carboxylic acid groups (broad SMARTS) is 1. The van der Waals surface area contributed by atoms with Crippen molar-refractivity contribution in [3.8, 4) is 0 Å². The summed E-state index contributed by atoms with van der Waals surface area (Å²) in [6.07, 6.45) is -9.43. The van der Waals surface area contributed by atoms with Gasteiger partial charge < -0.3 is 65.7 Å². The van der Waals surface area contributed by atoms with Crippen molar-refractivity contribution in [1.82, 2.24) is 19.5 Å². The number of anilines is 2. The molecule has 270 valence electrons. The number of carbonyl (C=O) groups excluding carboxylic acids is 1. The smallest absolute Gasteiger partial charge is 0.481 e. The lowest BCUT2D eigenvalue weighted by Gasteiger charge is -2.22. The van der Waals surface area contributed by atoms with E-state index in [1.165, 1.54) is 0 Å². The number of carbonyl (C=O) groups is 1. The first-order chi connectivity index (χ1) is 22.7. The third-order valence-electron chi connectivity index (χ3n) is 7.02. The lowest BCUT2D eigenvalue weighted by Crippen LogP contribution is -2.47. The number of fused-ring (bicyclic) bond motifs is 1. The lowest BCUT2D eigenvalue weighted by atomic mass is 10.1. The predicted octanol–water partition coefficient (Wildman–Crippen LogP) is -4.05. The third kappa shape index (κ3) is 8.46. The van der Waals surface area contributed by atoms with Crippen molar-refractivity contribution in [2.75, 3.05) is 24.7 Å². The van der Waals surface area contributed by atoms with E-state index < -0.39 is 97.3 Å². The first-order valence-corrected chi connectivity index (χ1v) is 18.0. The van der Waals surface area contributed by atoms with Crippen LogP contribution in [0.25, 0.3) is 11.2 Å². The van der Waals surface area contributed by atoms with E-state index in [0.29, 0.717) is 0 Å². The molecule has 0 aromatic carbocycles. The minimum Gasteiger partial charge on any atom is -0.545 e. The summed E-state index contributed by atoms with van der Waals surface area (Å²) in [5.74, 6) is -1.68. The number of nitrogens with two attached hydrogens (primary N) is 2. The third-order valence-corrected chi connectivity index (χ3v) is 10.1. The number of aliphatic hydroxyl groups is 3. The Morgan fingerprint density at radius 3 is 2.18 bits per heavy atom. The van der Waals surface area contributed by atoms with Gasteiger partial charge in [-0.15, -0.1) is 0 Å². The minimum absolute atomic E-state index is 0.0101. The van der Waals surface area contributed by atoms with Crippen LogP contribution < -0.4 is 21.1 Å². The molecule has 0 bridgehead atoms. The van der Waals surface area contributed by atoms with Crippen molar-refractivity contribution in [2.24, 2.45) is 0 Å². The summed E-state index contributed by atoms with van der Waals surface area (Å²) in [5.41, 5.74) is 11.0. The topological polar surface area (TPSA) is 388 Å². The Morgan fingerprint density at radius 1 is 0.939 bits per heavy atom. The Bertz CT molecular complexity index is 1860. The number of nitrogens with zero attached hydrogens (tertiary/aromatic N) is 5. The number of pyridine rings is 1. The maximum Gasteiger partial charge on any atom is 0.481 e. The second kappa shape index (κ2) is 13.9. The van der Waals surface area contributed by atoms with Crippen LogP contribution in [-0.2, 0) is 41.1 Å². The van der Waals surface area contributed by atoms with Crippen molar-refractivity contribution in [2.45, 2.75) is 49.1 Å².